The summed E-state index contributed by atoms with van der Waals surface area (Å²) in [6, 6.07) is 6.97. The molecule has 0 saturated heterocycles. The van der Waals surface area contributed by atoms with E-state index in [0.717, 1.165) is 17.3 Å². The normalized spacial score (nSPS) is 13.6. The zero-order chi connectivity index (χ0) is 25.6. The predicted octanol–water partition coefficient (Wildman–Crippen LogP) is 6.69. The number of hydrogen-bond acceptors (Lipinski definition) is 9. The van der Waals surface area contributed by atoms with Crippen LogP contribution in [0.15, 0.2) is 36.9 Å². The molecular weight excluding hydrogens is 533 g/mol. The van der Waals surface area contributed by atoms with E-state index in [1.807, 2.05) is 46.4 Å². The van der Waals surface area contributed by atoms with Gasteiger partial charge in [0, 0.05) is 16.5 Å². The number of halogens is 1. The summed E-state index contributed by atoms with van der Waals surface area (Å²) in [6.07, 6.45) is 1.53. The lowest BCUT2D eigenvalue weighted by molar-refractivity contribution is -0.0731. The summed E-state index contributed by atoms with van der Waals surface area (Å²) < 4.78 is 18.4. The monoisotopic (exact) mass is 569 g/mol. The second-order valence-electron chi connectivity index (χ2n) is 7.96. The van der Waals surface area contributed by atoms with Gasteiger partial charge in [0.15, 0.2) is 0 Å². The van der Waals surface area contributed by atoms with Crippen molar-refractivity contribution >= 4 is 52.2 Å². The van der Waals surface area contributed by atoms with Gasteiger partial charge >= 0.3 is 0 Å². The third kappa shape index (κ3) is 12.1. The molecule has 0 radical (unpaired) electrons. The average Bonchev–Trinajstić information content (AvgIpc) is 3.31. The second kappa shape index (κ2) is 16.4. The van der Waals surface area contributed by atoms with Crippen LogP contribution in [0.1, 0.15) is 47.8 Å². The van der Waals surface area contributed by atoms with Crippen molar-refractivity contribution in [2.45, 2.75) is 53.9 Å². The number of hydrogen-bond donors (Lipinski definition) is 1. The molecule has 1 N–H and O–H groups in total. The lowest BCUT2D eigenvalue weighted by Gasteiger charge is -2.32. The minimum Gasteiger partial charge on any atom is -0.466 e. The second-order valence-corrected chi connectivity index (χ2v) is 16.2. The highest BCUT2D eigenvalue weighted by Crippen LogP contribution is 2.60. The smallest absolute Gasteiger partial charge is 0.247 e. The van der Waals surface area contributed by atoms with Crippen LogP contribution >= 0.6 is 40.4 Å². The van der Waals surface area contributed by atoms with Gasteiger partial charge in [0.1, 0.15) is 24.5 Å². The van der Waals surface area contributed by atoms with Crippen molar-refractivity contribution in [3.05, 3.63) is 41.9 Å². The van der Waals surface area contributed by atoms with E-state index in [1.165, 1.54) is 17.3 Å². The number of aliphatic hydroxyl groups excluding tert-OH is 1. The summed E-state index contributed by atoms with van der Waals surface area (Å²) in [5, 5.41) is 15.2. The zero-order valence-corrected chi connectivity index (χ0v) is 24.8. The molecule has 0 amide bonds. The largest absolute Gasteiger partial charge is 0.466 e. The number of aliphatic hydroxyl groups is 1. The van der Waals surface area contributed by atoms with Gasteiger partial charge in [-0.05, 0) is 61.1 Å². The molecule has 194 valence electrons. The fourth-order valence-electron chi connectivity index (χ4n) is 2.47. The maximum absolute atomic E-state index is 10.5. The van der Waals surface area contributed by atoms with E-state index >= 15 is 0 Å². The molecule has 2 rings (SSSR count). The molecule has 0 bridgehead atoms. The summed E-state index contributed by atoms with van der Waals surface area (Å²) in [7, 11) is 0. The summed E-state index contributed by atoms with van der Waals surface area (Å²) in [5.74, 6) is 3.92. The van der Waals surface area contributed by atoms with Crippen LogP contribution in [0.4, 0.5) is 0 Å². The maximum atomic E-state index is 10.5. The molecule has 1 aromatic carbocycles. The molecular formula is C22H37ClN3O4PS3. The van der Waals surface area contributed by atoms with Crippen molar-refractivity contribution in [3.8, 4) is 5.75 Å². The van der Waals surface area contributed by atoms with Crippen LogP contribution in [0.2, 0.25) is 5.02 Å². The Hall–Kier alpha value is -0.320. The third-order valence-corrected chi connectivity index (χ3v) is 11.2. The Morgan fingerprint density at radius 1 is 1.12 bits per heavy atom. The standard InChI is InChI=1S/C14H18ClN3O2.C8H19O2PS3/c1-14(2,3)12(19)13(18-9-16-8-17-18)20-11-6-4-10(15)5-7-11;1-4-9-11(12,10-5-2)14-8-7-13-6-3/h4-9,12-13,19H,1-3H3;4-8H2,1-3H3. The van der Waals surface area contributed by atoms with Crippen molar-refractivity contribution in [1.82, 2.24) is 14.8 Å². The van der Waals surface area contributed by atoms with E-state index in [-0.39, 0.29) is 5.41 Å². The number of ether oxygens (including phenoxy) is 1. The van der Waals surface area contributed by atoms with Gasteiger partial charge in [-0.25, -0.2) is 9.67 Å². The SMILES string of the molecule is CC(C)(C)C(O)C(Oc1ccc(Cl)cc1)n1cncn1.CCOP(=S)(OCC)SCCSCC. The number of thioether (sulfide) groups is 1. The van der Waals surface area contributed by atoms with Crippen molar-refractivity contribution in [2.75, 3.05) is 30.5 Å². The highest BCUT2D eigenvalue weighted by molar-refractivity contribution is 8.68. The molecule has 34 heavy (non-hydrogen) atoms. The number of aromatic nitrogens is 3. The molecule has 0 aliphatic carbocycles. The molecule has 0 spiro atoms. The lowest BCUT2D eigenvalue weighted by Crippen LogP contribution is -2.38. The van der Waals surface area contributed by atoms with Crippen molar-refractivity contribution < 1.29 is 18.9 Å². The minimum atomic E-state index is -2.02. The molecule has 1 heterocycles. The van der Waals surface area contributed by atoms with Crippen molar-refractivity contribution in [2.24, 2.45) is 5.41 Å². The van der Waals surface area contributed by atoms with Gasteiger partial charge in [0.25, 0.3) is 0 Å². The van der Waals surface area contributed by atoms with Crippen LogP contribution in [-0.4, -0.2) is 56.4 Å². The average molecular weight is 570 g/mol. The van der Waals surface area contributed by atoms with Gasteiger partial charge < -0.3 is 18.9 Å². The topological polar surface area (TPSA) is 78.6 Å². The van der Waals surface area contributed by atoms with Crippen molar-refractivity contribution in [3.63, 3.8) is 0 Å². The molecule has 2 unspecified atom stereocenters. The third-order valence-electron chi connectivity index (χ3n) is 4.18. The summed E-state index contributed by atoms with van der Waals surface area (Å²) in [5.41, 5.74) is -2.38. The summed E-state index contributed by atoms with van der Waals surface area (Å²) >= 11 is 14.8. The zero-order valence-electron chi connectivity index (χ0n) is 20.7. The van der Waals surface area contributed by atoms with Crippen LogP contribution in [0, 0.1) is 5.41 Å². The molecule has 2 atom stereocenters. The fourth-order valence-corrected chi connectivity index (χ4v) is 8.46. The molecule has 0 fully saturated rings. The number of rotatable bonds is 13. The number of nitrogens with zero attached hydrogens (tertiary/aromatic N) is 3. The van der Waals surface area contributed by atoms with Crippen LogP contribution < -0.4 is 4.74 Å². The Labute approximate surface area is 222 Å². The molecule has 7 nitrogen and oxygen atoms in total. The van der Waals surface area contributed by atoms with Gasteiger partial charge in [0.2, 0.25) is 11.9 Å². The first kappa shape index (κ1) is 31.7. The maximum Gasteiger partial charge on any atom is 0.247 e. The molecule has 0 aliphatic rings. The van der Waals surface area contributed by atoms with Gasteiger partial charge in [-0.1, -0.05) is 50.7 Å². The van der Waals surface area contributed by atoms with Crippen LogP contribution in [0.3, 0.4) is 0 Å². The molecule has 2 aromatic rings. The Morgan fingerprint density at radius 2 is 1.74 bits per heavy atom. The van der Waals surface area contributed by atoms with Crippen molar-refractivity contribution in [1.29, 1.82) is 0 Å². The number of benzene rings is 1. The van der Waals surface area contributed by atoms with Gasteiger partial charge in [-0.15, -0.1) is 0 Å². The quantitative estimate of drug-likeness (QED) is 0.210. The highest BCUT2D eigenvalue weighted by Gasteiger charge is 2.34. The summed E-state index contributed by atoms with van der Waals surface area (Å²) in [4.78, 5) is 3.90. The van der Waals surface area contributed by atoms with E-state index in [2.05, 4.69) is 17.0 Å². The van der Waals surface area contributed by atoms with Crippen LogP contribution in [0.25, 0.3) is 0 Å². The molecule has 12 heteroatoms. The van der Waals surface area contributed by atoms with Gasteiger partial charge in [-0.2, -0.15) is 16.9 Å². The van der Waals surface area contributed by atoms with E-state index in [9.17, 15) is 5.11 Å². The molecule has 0 aliphatic heterocycles. The molecule has 1 aromatic heterocycles. The fraction of sp³-hybridized carbons (Fsp3) is 0.636. The molecule has 0 saturated carbocycles. The Bertz CT molecular complexity index is 829. The van der Waals surface area contributed by atoms with E-state index in [4.69, 9.17) is 37.2 Å². The van der Waals surface area contributed by atoms with E-state index < -0.39 is 18.0 Å². The first-order valence-electron chi connectivity index (χ1n) is 11.1. The van der Waals surface area contributed by atoms with E-state index in [0.29, 0.717) is 24.0 Å². The van der Waals surface area contributed by atoms with E-state index in [1.54, 1.807) is 35.6 Å². The first-order valence-corrected chi connectivity index (χ1v) is 16.9. The minimum absolute atomic E-state index is 0.358. The Morgan fingerprint density at radius 3 is 2.21 bits per heavy atom. The Balaban J connectivity index is 0.000000365. The first-order chi connectivity index (χ1) is 16.1. The van der Waals surface area contributed by atoms with Gasteiger partial charge in [0.05, 0.1) is 13.2 Å². The van der Waals surface area contributed by atoms with Crippen LogP contribution in [0.5, 0.6) is 5.75 Å². The highest BCUT2D eigenvalue weighted by atomic mass is 35.5. The van der Waals surface area contributed by atoms with Gasteiger partial charge in [-0.3, -0.25) is 0 Å². The lowest BCUT2D eigenvalue weighted by atomic mass is 9.88. The Kier molecular flexibility index (Phi) is 15.3. The summed E-state index contributed by atoms with van der Waals surface area (Å²) in [6.45, 7) is 13.2. The predicted molar refractivity (Wildman–Crippen MR) is 150 cm³/mol. The van der Waals surface area contributed by atoms with Crippen LogP contribution in [-0.2, 0) is 20.9 Å².